The van der Waals surface area contributed by atoms with Crippen molar-refractivity contribution in [2.24, 2.45) is 5.92 Å². The molecule has 0 aromatic carbocycles. The van der Waals surface area contributed by atoms with Gasteiger partial charge < -0.3 is 14.6 Å². The maximum atomic E-state index is 12.7. The summed E-state index contributed by atoms with van der Waals surface area (Å²) >= 11 is 0. The van der Waals surface area contributed by atoms with Crippen LogP contribution in [0.25, 0.3) is 0 Å². The van der Waals surface area contributed by atoms with Crippen LogP contribution in [0.2, 0.25) is 0 Å². The van der Waals surface area contributed by atoms with E-state index in [1.807, 2.05) is 6.07 Å². The van der Waals surface area contributed by atoms with Crippen molar-refractivity contribution < 1.29 is 14.1 Å². The molecule has 0 unspecified atom stereocenters. The first-order valence-electron chi connectivity index (χ1n) is 7.75. The van der Waals surface area contributed by atoms with Crippen molar-refractivity contribution in [2.75, 3.05) is 11.9 Å². The van der Waals surface area contributed by atoms with E-state index < -0.39 is 4.92 Å². The SMILES string of the molecule is C[C@@H]1CCN(C(=O)Nc2ccncc2[N+](=O)[O-])[C@H](c2ccco2)C1. The molecule has 8 heteroatoms. The fourth-order valence-electron chi connectivity index (χ4n) is 2.96. The van der Waals surface area contributed by atoms with E-state index in [1.54, 1.807) is 17.2 Å². The van der Waals surface area contributed by atoms with Crippen molar-refractivity contribution >= 4 is 17.4 Å². The van der Waals surface area contributed by atoms with Gasteiger partial charge in [0.25, 0.3) is 0 Å². The van der Waals surface area contributed by atoms with Crippen molar-refractivity contribution in [3.63, 3.8) is 0 Å². The van der Waals surface area contributed by atoms with Gasteiger partial charge in [0.05, 0.1) is 17.2 Å². The molecule has 126 valence electrons. The van der Waals surface area contributed by atoms with Gasteiger partial charge in [-0.3, -0.25) is 15.1 Å². The number of likely N-dealkylation sites (tertiary alicyclic amines) is 1. The monoisotopic (exact) mass is 330 g/mol. The molecule has 8 nitrogen and oxygen atoms in total. The van der Waals surface area contributed by atoms with Gasteiger partial charge in [0, 0.05) is 12.7 Å². The first-order valence-corrected chi connectivity index (χ1v) is 7.75. The van der Waals surface area contributed by atoms with Gasteiger partial charge in [-0.25, -0.2) is 4.79 Å². The third kappa shape index (κ3) is 3.22. The Morgan fingerprint density at radius 3 is 3.04 bits per heavy atom. The average molecular weight is 330 g/mol. The fraction of sp³-hybridized carbons (Fsp3) is 0.375. The van der Waals surface area contributed by atoms with Crippen molar-refractivity contribution in [3.8, 4) is 0 Å². The van der Waals surface area contributed by atoms with E-state index in [1.165, 1.54) is 12.3 Å². The normalized spacial score (nSPS) is 20.6. The molecule has 3 heterocycles. The van der Waals surface area contributed by atoms with Gasteiger partial charge in [-0.1, -0.05) is 6.92 Å². The van der Waals surface area contributed by atoms with Crippen LogP contribution in [0.5, 0.6) is 0 Å². The molecule has 1 fully saturated rings. The topological polar surface area (TPSA) is 102 Å². The Labute approximate surface area is 138 Å². The first kappa shape index (κ1) is 16.0. The molecule has 3 rings (SSSR count). The highest BCUT2D eigenvalue weighted by atomic mass is 16.6. The number of nitro groups is 1. The van der Waals surface area contributed by atoms with Gasteiger partial charge in [-0.2, -0.15) is 0 Å². The van der Waals surface area contributed by atoms with E-state index in [-0.39, 0.29) is 23.4 Å². The zero-order valence-electron chi connectivity index (χ0n) is 13.2. The molecule has 2 amide bonds. The second-order valence-electron chi connectivity index (χ2n) is 5.93. The Hall–Kier alpha value is -2.90. The van der Waals surface area contributed by atoms with Crippen LogP contribution in [0.3, 0.4) is 0 Å². The van der Waals surface area contributed by atoms with Gasteiger partial charge >= 0.3 is 11.7 Å². The predicted molar refractivity (Wildman–Crippen MR) is 86.5 cm³/mol. The standard InChI is InChI=1S/C16H18N4O4/c1-11-5-7-19(13(9-11)15-3-2-8-24-15)16(21)18-12-4-6-17-10-14(12)20(22)23/h2-4,6,8,10-11,13H,5,7,9H2,1H3,(H,17,18,21)/t11-,13+/m1/s1. The highest BCUT2D eigenvalue weighted by molar-refractivity contribution is 5.92. The van der Waals surface area contributed by atoms with Gasteiger partial charge in [0.15, 0.2) is 0 Å². The van der Waals surface area contributed by atoms with Crippen LogP contribution in [-0.4, -0.2) is 27.4 Å². The fourth-order valence-corrected chi connectivity index (χ4v) is 2.96. The number of hydrogen-bond acceptors (Lipinski definition) is 5. The minimum absolute atomic E-state index is 0.136. The van der Waals surface area contributed by atoms with Crippen molar-refractivity contribution in [1.29, 1.82) is 0 Å². The zero-order chi connectivity index (χ0) is 17.1. The third-order valence-corrected chi connectivity index (χ3v) is 4.24. The number of carbonyl (C=O) groups excluding carboxylic acids is 1. The summed E-state index contributed by atoms with van der Waals surface area (Å²) in [5.41, 5.74) is -0.0948. The van der Waals surface area contributed by atoms with Crippen molar-refractivity contribution in [3.05, 3.63) is 52.7 Å². The summed E-state index contributed by atoms with van der Waals surface area (Å²) in [5.74, 6) is 1.19. The van der Waals surface area contributed by atoms with Crippen LogP contribution in [-0.2, 0) is 0 Å². The minimum Gasteiger partial charge on any atom is -0.467 e. The Balaban J connectivity index is 1.82. The number of hydrogen-bond donors (Lipinski definition) is 1. The maximum Gasteiger partial charge on any atom is 0.322 e. The summed E-state index contributed by atoms with van der Waals surface area (Å²) in [6.07, 6.45) is 5.78. The van der Waals surface area contributed by atoms with Crippen molar-refractivity contribution in [2.45, 2.75) is 25.8 Å². The lowest BCUT2D eigenvalue weighted by molar-refractivity contribution is -0.384. The molecule has 1 aliphatic heterocycles. The van der Waals surface area contributed by atoms with E-state index in [2.05, 4.69) is 17.2 Å². The molecule has 0 radical (unpaired) electrons. The summed E-state index contributed by atoms with van der Waals surface area (Å²) in [4.78, 5) is 28.6. The van der Waals surface area contributed by atoms with Crippen molar-refractivity contribution in [1.82, 2.24) is 9.88 Å². The third-order valence-electron chi connectivity index (χ3n) is 4.24. The molecule has 2 atom stereocenters. The minimum atomic E-state index is -0.565. The van der Waals surface area contributed by atoms with Gasteiger partial charge in [-0.15, -0.1) is 0 Å². The lowest BCUT2D eigenvalue weighted by atomic mass is 9.91. The second-order valence-corrected chi connectivity index (χ2v) is 5.93. The Morgan fingerprint density at radius 2 is 2.33 bits per heavy atom. The number of anilines is 1. The number of nitrogens with one attached hydrogen (secondary N) is 1. The number of furan rings is 1. The quantitative estimate of drug-likeness (QED) is 0.684. The summed E-state index contributed by atoms with van der Waals surface area (Å²) < 4.78 is 5.47. The molecular weight excluding hydrogens is 312 g/mol. The molecule has 1 saturated heterocycles. The first-order chi connectivity index (χ1) is 11.6. The molecule has 0 spiro atoms. The average Bonchev–Trinajstić information content (AvgIpc) is 3.09. The highest BCUT2D eigenvalue weighted by Gasteiger charge is 2.33. The lowest BCUT2D eigenvalue weighted by Crippen LogP contribution is -2.42. The van der Waals surface area contributed by atoms with E-state index >= 15 is 0 Å². The second kappa shape index (κ2) is 6.69. The van der Waals surface area contributed by atoms with Gasteiger partial charge in [-0.05, 0) is 37.0 Å². The molecule has 1 N–H and O–H groups in total. The van der Waals surface area contributed by atoms with Crippen LogP contribution in [0, 0.1) is 16.0 Å². The van der Waals surface area contributed by atoms with Gasteiger partial charge in [0.2, 0.25) is 0 Å². The maximum absolute atomic E-state index is 12.7. The van der Waals surface area contributed by atoms with Crippen LogP contribution in [0.1, 0.15) is 31.6 Å². The summed E-state index contributed by atoms with van der Waals surface area (Å²) in [5, 5.41) is 13.7. The highest BCUT2D eigenvalue weighted by Crippen LogP contribution is 2.35. The summed E-state index contributed by atoms with van der Waals surface area (Å²) in [6, 6.07) is 4.50. The Bertz CT molecular complexity index is 731. The molecule has 2 aromatic heterocycles. The number of rotatable bonds is 3. The molecule has 0 bridgehead atoms. The largest absolute Gasteiger partial charge is 0.467 e. The molecule has 1 aliphatic rings. The van der Waals surface area contributed by atoms with E-state index in [9.17, 15) is 14.9 Å². The number of aromatic nitrogens is 1. The van der Waals surface area contributed by atoms with Gasteiger partial charge in [0.1, 0.15) is 17.6 Å². The van der Waals surface area contributed by atoms with Crippen LogP contribution in [0.4, 0.5) is 16.2 Å². The van der Waals surface area contributed by atoms with Crippen LogP contribution < -0.4 is 5.32 Å². The summed E-state index contributed by atoms with van der Waals surface area (Å²) in [7, 11) is 0. The molecule has 0 saturated carbocycles. The number of piperidine rings is 1. The molecular formula is C16H18N4O4. The van der Waals surface area contributed by atoms with E-state index in [4.69, 9.17) is 4.42 Å². The number of amides is 2. The Kier molecular flexibility index (Phi) is 4.45. The lowest BCUT2D eigenvalue weighted by Gasteiger charge is -2.37. The smallest absolute Gasteiger partial charge is 0.322 e. The van der Waals surface area contributed by atoms with Crippen LogP contribution >= 0.6 is 0 Å². The van der Waals surface area contributed by atoms with Crippen LogP contribution in [0.15, 0.2) is 41.3 Å². The van der Waals surface area contributed by atoms with E-state index in [0.717, 1.165) is 24.8 Å². The number of carbonyl (C=O) groups is 1. The predicted octanol–water partition coefficient (Wildman–Crippen LogP) is 3.59. The van der Waals surface area contributed by atoms with E-state index in [0.29, 0.717) is 12.5 Å². The zero-order valence-corrected chi connectivity index (χ0v) is 13.2. The number of pyridine rings is 1. The number of nitrogens with zero attached hydrogens (tertiary/aromatic N) is 3. The molecule has 0 aliphatic carbocycles. The Morgan fingerprint density at radius 1 is 1.50 bits per heavy atom. The molecule has 24 heavy (non-hydrogen) atoms. The summed E-state index contributed by atoms with van der Waals surface area (Å²) in [6.45, 7) is 2.70. The molecule has 2 aromatic rings. The number of urea groups is 1.